The molecule has 1 fully saturated rings. The number of rotatable bonds is 5. The zero-order valence-electron chi connectivity index (χ0n) is 16.8. The van der Waals surface area contributed by atoms with Crippen LogP contribution in [0.5, 0.6) is 11.5 Å². The number of anilines is 2. The Balaban J connectivity index is 1.50. The van der Waals surface area contributed by atoms with Gasteiger partial charge in [-0.15, -0.1) is 0 Å². The number of nitrogens with zero attached hydrogens (tertiary/aromatic N) is 1. The van der Waals surface area contributed by atoms with Gasteiger partial charge in [-0.2, -0.15) is 0 Å². The molecule has 2 aliphatic heterocycles. The van der Waals surface area contributed by atoms with Crippen LogP contribution >= 0.6 is 0 Å². The zero-order chi connectivity index (χ0) is 22.2. The van der Waals surface area contributed by atoms with Crippen molar-refractivity contribution in [1.29, 1.82) is 0 Å². The van der Waals surface area contributed by atoms with Gasteiger partial charge in [0.05, 0.1) is 17.0 Å². The second-order valence-corrected chi connectivity index (χ2v) is 9.32. The Morgan fingerprint density at radius 3 is 2.48 bits per heavy atom. The fraction of sp³-hybridized carbons (Fsp3) is 0.286. The van der Waals surface area contributed by atoms with E-state index in [4.69, 9.17) is 4.74 Å². The highest BCUT2D eigenvalue weighted by molar-refractivity contribution is 7.92. The normalized spacial score (nSPS) is 16.0. The smallest absolute Gasteiger partial charge is 0.259 e. The summed E-state index contributed by atoms with van der Waals surface area (Å²) in [5, 5.41) is 2.76. The average molecular weight is 443 g/mol. The Bertz CT molecular complexity index is 1180. The van der Waals surface area contributed by atoms with E-state index >= 15 is 0 Å². The van der Waals surface area contributed by atoms with Crippen LogP contribution in [0, 0.1) is 6.92 Å². The number of piperidine rings is 1. The summed E-state index contributed by atoms with van der Waals surface area (Å²) in [7, 11) is -3.86. The highest BCUT2D eigenvalue weighted by atomic mass is 32.2. The molecule has 4 rings (SSSR count). The van der Waals surface area contributed by atoms with Crippen molar-refractivity contribution in [2.24, 2.45) is 0 Å². The molecule has 2 aromatic rings. The van der Waals surface area contributed by atoms with E-state index in [0.717, 1.165) is 10.5 Å². The maximum Gasteiger partial charge on any atom is 0.259 e. The third-order valence-electron chi connectivity index (χ3n) is 5.07. The zero-order valence-corrected chi connectivity index (χ0v) is 17.6. The number of amides is 3. The summed E-state index contributed by atoms with van der Waals surface area (Å²) in [5.74, 6) is -0.797. The Labute approximate surface area is 179 Å². The molecule has 0 saturated carbocycles. The van der Waals surface area contributed by atoms with Gasteiger partial charge in [-0.1, -0.05) is 6.07 Å². The first-order valence-corrected chi connectivity index (χ1v) is 11.4. The summed E-state index contributed by atoms with van der Waals surface area (Å²) < 4.78 is 33.2. The quantitative estimate of drug-likeness (QED) is 0.685. The van der Waals surface area contributed by atoms with Crippen molar-refractivity contribution in [2.75, 3.05) is 22.3 Å². The number of benzene rings is 2. The second-order valence-electron chi connectivity index (χ2n) is 7.48. The van der Waals surface area contributed by atoms with E-state index in [1.807, 2.05) is 13.0 Å². The van der Waals surface area contributed by atoms with Crippen LogP contribution in [-0.4, -0.2) is 43.3 Å². The number of hydrogen-bond donors (Lipinski definition) is 2. The van der Waals surface area contributed by atoms with Gasteiger partial charge in [-0.3, -0.25) is 24.0 Å². The summed E-state index contributed by atoms with van der Waals surface area (Å²) in [6, 6.07) is 9.78. The first kappa shape index (κ1) is 20.9. The summed E-state index contributed by atoms with van der Waals surface area (Å²) in [6.07, 6.45) is 0.962. The van der Waals surface area contributed by atoms with Crippen molar-refractivity contribution in [3.63, 3.8) is 0 Å². The molecule has 0 bridgehead atoms. The number of carbonyl (C=O) groups is 3. The minimum absolute atomic E-state index is 0.176. The molecule has 0 spiro atoms. The van der Waals surface area contributed by atoms with Gasteiger partial charge in [-0.25, -0.2) is 8.42 Å². The second kappa shape index (κ2) is 8.03. The van der Waals surface area contributed by atoms with Crippen LogP contribution in [-0.2, 0) is 19.6 Å². The lowest BCUT2D eigenvalue weighted by molar-refractivity contribution is -0.147. The Kier molecular flexibility index (Phi) is 5.40. The molecular weight excluding hydrogens is 422 g/mol. The van der Waals surface area contributed by atoms with Crippen LogP contribution in [0.25, 0.3) is 0 Å². The van der Waals surface area contributed by atoms with Gasteiger partial charge in [-0.05, 0) is 49.2 Å². The number of imide groups is 1. The number of sulfonamides is 1. The van der Waals surface area contributed by atoms with Gasteiger partial charge in [0.15, 0.2) is 5.75 Å². The van der Waals surface area contributed by atoms with Crippen molar-refractivity contribution in [2.45, 2.75) is 26.2 Å². The van der Waals surface area contributed by atoms with Gasteiger partial charge in [0.2, 0.25) is 21.8 Å². The SMILES string of the molecule is Cc1ccc2c(c1)NC(=O)c1cc(NS(=O)(=O)CCN3C(=O)CCCC3=O)ccc1O2. The Morgan fingerprint density at radius 2 is 1.74 bits per heavy atom. The predicted molar refractivity (Wildman–Crippen MR) is 114 cm³/mol. The predicted octanol–water partition coefficient (Wildman–Crippen LogP) is 2.63. The van der Waals surface area contributed by atoms with Crippen molar-refractivity contribution < 1.29 is 27.5 Å². The van der Waals surface area contributed by atoms with Crippen LogP contribution in [0.3, 0.4) is 0 Å². The topological polar surface area (TPSA) is 122 Å². The lowest BCUT2D eigenvalue weighted by atomic mass is 10.1. The van der Waals surface area contributed by atoms with Crippen LogP contribution in [0.2, 0.25) is 0 Å². The Hall–Kier alpha value is -3.40. The molecule has 3 amide bonds. The van der Waals surface area contributed by atoms with Gasteiger partial charge in [0, 0.05) is 25.1 Å². The van der Waals surface area contributed by atoms with Crippen molar-refractivity contribution in [1.82, 2.24) is 4.90 Å². The van der Waals surface area contributed by atoms with E-state index in [2.05, 4.69) is 10.0 Å². The molecule has 0 atom stereocenters. The van der Waals surface area contributed by atoms with E-state index in [1.165, 1.54) is 18.2 Å². The molecule has 2 heterocycles. The molecule has 10 heteroatoms. The molecule has 2 aromatic carbocycles. The summed E-state index contributed by atoms with van der Waals surface area (Å²) in [5.41, 5.74) is 1.83. The standard InChI is InChI=1S/C21H21N3O6S/c1-13-5-7-18-16(11-13)22-21(27)15-12-14(6-8-17(15)30-18)23-31(28,29)10-9-24-19(25)3-2-4-20(24)26/h5-8,11-12,23H,2-4,9-10H2,1H3,(H,22,27). The minimum atomic E-state index is -3.86. The summed E-state index contributed by atoms with van der Waals surface area (Å²) in [4.78, 5) is 37.3. The molecule has 1 saturated heterocycles. The molecule has 2 N–H and O–H groups in total. The third-order valence-corrected chi connectivity index (χ3v) is 6.33. The summed E-state index contributed by atoms with van der Waals surface area (Å²) in [6.45, 7) is 1.68. The number of aryl methyl sites for hydroxylation is 1. The summed E-state index contributed by atoms with van der Waals surface area (Å²) >= 11 is 0. The van der Waals surface area contributed by atoms with E-state index < -0.39 is 21.7 Å². The molecule has 0 radical (unpaired) electrons. The van der Waals surface area contributed by atoms with Crippen LogP contribution in [0.15, 0.2) is 36.4 Å². The van der Waals surface area contributed by atoms with E-state index in [9.17, 15) is 22.8 Å². The molecule has 162 valence electrons. The molecule has 0 unspecified atom stereocenters. The van der Waals surface area contributed by atoms with Gasteiger partial charge in [0.25, 0.3) is 5.91 Å². The average Bonchev–Trinajstić information content (AvgIpc) is 2.83. The van der Waals surface area contributed by atoms with E-state index in [-0.39, 0.29) is 42.5 Å². The number of likely N-dealkylation sites (tertiary alicyclic amines) is 1. The number of fused-ring (bicyclic) bond motifs is 2. The first-order valence-electron chi connectivity index (χ1n) is 9.79. The minimum Gasteiger partial charge on any atom is -0.454 e. The number of nitrogens with one attached hydrogen (secondary N) is 2. The molecule has 2 aliphatic rings. The maximum atomic E-state index is 12.7. The largest absolute Gasteiger partial charge is 0.454 e. The molecule has 0 aromatic heterocycles. The van der Waals surface area contributed by atoms with E-state index in [0.29, 0.717) is 23.6 Å². The van der Waals surface area contributed by atoms with Crippen molar-refractivity contribution in [3.05, 3.63) is 47.5 Å². The first-order chi connectivity index (χ1) is 14.7. The lowest BCUT2D eigenvalue weighted by Gasteiger charge is -2.24. The van der Waals surface area contributed by atoms with Crippen molar-refractivity contribution >= 4 is 39.1 Å². The van der Waals surface area contributed by atoms with Gasteiger partial charge < -0.3 is 10.1 Å². The fourth-order valence-electron chi connectivity index (χ4n) is 3.49. The van der Waals surface area contributed by atoms with Crippen molar-refractivity contribution in [3.8, 4) is 11.5 Å². The number of ether oxygens (including phenoxy) is 1. The number of carbonyl (C=O) groups excluding carboxylic acids is 3. The van der Waals surface area contributed by atoms with Crippen LogP contribution in [0.1, 0.15) is 35.2 Å². The van der Waals surface area contributed by atoms with Gasteiger partial charge in [0.1, 0.15) is 5.75 Å². The van der Waals surface area contributed by atoms with Crippen LogP contribution < -0.4 is 14.8 Å². The van der Waals surface area contributed by atoms with Crippen LogP contribution in [0.4, 0.5) is 11.4 Å². The number of hydrogen-bond acceptors (Lipinski definition) is 6. The molecule has 9 nitrogen and oxygen atoms in total. The highest BCUT2D eigenvalue weighted by Crippen LogP contribution is 2.37. The third kappa shape index (κ3) is 4.53. The Morgan fingerprint density at radius 1 is 1.03 bits per heavy atom. The molecule has 31 heavy (non-hydrogen) atoms. The maximum absolute atomic E-state index is 12.7. The fourth-order valence-corrected chi connectivity index (χ4v) is 4.50. The highest BCUT2D eigenvalue weighted by Gasteiger charge is 2.27. The lowest BCUT2D eigenvalue weighted by Crippen LogP contribution is -2.43. The van der Waals surface area contributed by atoms with E-state index in [1.54, 1.807) is 12.1 Å². The van der Waals surface area contributed by atoms with Gasteiger partial charge >= 0.3 is 0 Å². The monoisotopic (exact) mass is 443 g/mol. The molecular formula is C21H21N3O6S. The molecule has 0 aliphatic carbocycles.